The van der Waals surface area contributed by atoms with E-state index in [4.69, 9.17) is 20.9 Å². The van der Waals surface area contributed by atoms with Gasteiger partial charge in [-0.2, -0.15) is 11.3 Å². The molecule has 337 valence electrons. The fraction of sp³-hybridized carbons (Fsp3) is 0.164. The van der Waals surface area contributed by atoms with Crippen LogP contribution >= 0.6 is 11.3 Å². The van der Waals surface area contributed by atoms with Crippen LogP contribution in [0.25, 0.3) is 81.6 Å². The summed E-state index contributed by atoms with van der Waals surface area (Å²) in [6.45, 7) is 8.69. The zero-order chi connectivity index (χ0) is 53.0. The first-order chi connectivity index (χ1) is 35.5. The molecule has 0 spiro atoms. The molecule has 4 aromatic heterocycles. The molecule has 1 aliphatic rings. The third kappa shape index (κ3) is 7.95. The molecule has 4 heterocycles. The van der Waals surface area contributed by atoms with Crippen LogP contribution in [0, 0.1) is 32.8 Å². The zero-order valence-corrected chi connectivity index (χ0v) is 42.8. The summed E-state index contributed by atoms with van der Waals surface area (Å²) in [4.78, 5) is 15.6. The van der Waals surface area contributed by atoms with E-state index < -0.39 is 28.2 Å². The number of aromatic nitrogens is 4. The summed E-state index contributed by atoms with van der Waals surface area (Å²) < 4.78 is 66.9. The van der Waals surface area contributed by atoms with Crippen LogP contribution in [0.1, 0.15) is 63.9 Å². The van der Waals surface area contributed by atoms with E-state index in [1.54, 1.807) is 29.7 Å². The Hall–Kier alpha value is -6.34. The summed E-state index contributed by atoms with van der Waals surface area (Å²) in [5.74, 6) is 0.828. The first-order valence-electron chi connectivity index (χ1n) is 26.5. The summed E-state index contributed by atoms with van der Waals surface area (Å²) in [6.07, 6.45) is -0.0804. The average molecular weight is 1100 g/mol. The van der Waals surface area contributed by atoms with Crippen molar-refractivity contribution in [1.29, 1.82) is 0 Å². The molecule has 1 radical (unpaired) electrons. The van der Waals surface area contributed by atoms with Gasteiger partial charge in [-0.15, -0.1) is 53.6 Å². The van der Waals surface area contributed by atoms with Gasteiger partial charge in [0.25, 0.3) is 0 Å². The molecule has 0 saturated heterocycles. The quantitative estimate of drug-likeness (QED) is 0.123. The van der Waals surface area contributed by atoms with Crippen LogP contribution in [0.5, 0.6) is 0 Å². The van der Waals surface area contributed by atoms with E-state index in [1.807, 2.05) is 48.5 Å². The molecule has 0 bridgehead atoms. The van der Waals surface area contributed by atoms with Gasteiger partial charge in [-0.3, -0.25) is 4.98 Å². The minimum atomic E-state index is -2.22. The Balaban J connectivity index is 0.000000223. The van der Waals surface area contributed by atoms with Crippen LogP contribution in [0.2, 0.25) is 19.6 Å². The number of thiophene rings is 1. The standard InChI is InChI=1S/C45H32N3S.C16H20NSi.Ir/c1-27-24-36-32-16-9-10-19-37(32)45(2,3)38(36)26-40(27)48-39-23-20-29-14-7-8-15-31(29)41(39)47-43(48)35-18-11-17-33-34-22-21-30(46-44(34)49-42(33)35)25-28-12-5-4-6-13-28;1-12-6-8-14(9-7-12)15-10-13(2)16(11-17-15)18(3,4)5;/h4-17,19-24,26H,25H2,1-3H3;6-8,10-11H,1-5H3;/q2*-1;/i25D2;1D3,2D3;. The molecule has 68 heavy (non-hydrogen) atoms. The fourth-order valence-electron chi connectivity index (χ4n) is 9.62. The Morgan fingerprint density at radius 1 is 0.735 bits per heavy atom. The molecule has 0 N–H and O–H groups in total. The largest absolute Gasteiger partial charge is 0.333 e. The van der Waals surface area contributed by atoms with E-state index in [9.17, 15) is 0 Å². The van der Waals surface area contributed by atoms with Crippen molar-refractivity contribution < 1.29 is 31.1 Å². The molecule has 7 aromatic carbocycles. The van der Waals surface area contributed by atoms with Crippen LogP contribution in [-0.4, -0.2) is 27.6 Å². The number of imidazole rings is 1. The molecule has 11 aromatic rings. The summed E-state index contributed by atoms with van der Waals surface area (Å²) in [5.41, 5.74) is 12.9. The van der Waals surface area contributed by atoms with Gasteiger partial charge in [0.05, 0.1) is 24.9 Å². The van der Waals surface area contributed by atoms with Crippen LogP contribution in [0.3, 0.4) is 0 Å². The predicted molar refractivity (Wildman–Crippen MR) is 286 cm³/mol. The molecule has 0 saturated carbocycles. The average Bonchev–Trinajstić information content (AvgIpc) is 4.04. The summed E-state index contributed by atoms with van der Waals surface area (Å²) in [6, 6.07) is 56.2. The summed E-state index contributed by atoms with van der Waals surface area (Å²) in [7, 11) is -1.85. The van der Waals surface area contributed by atoms with Gasteiger partial charge in [0, 0.05) is 65.8 Å². The maximum atomic E-state index is 8.98. The second-order valence-corrected chi connectivity index (χ2v) is 24.9. The Morgan fingerprint density at radius 2 is 1.54 bits per heavy atom. The second kappa shape index (κ2) is 17.6. The van der Waals surface area contributed by atoms with Gasteiger partial charge in [0.2, 0.25) is 0 Å². The molecule has 1 aliphatic carbocycles. The van der Waals surface area contributed by atoms with Crippen molar-refractivity contribution in [2.45, 2.75) is 65.9 Å². The first-order valence-corrected chi connectivity index (χ1v) is 26.8. The Labute approximate surface area is 429 Å². The Morgan fingerprint density at radius 3 is 2.34 bits per heavy atom. The number of benzene rings is 7. The number of aryl methyl sites for hydroxylation is 3. The van der Waals surface area contributed by atoms with Gasteiger partial charge in [-0.05, 0) is 97.8 Å². The minimum absolute atomic E-state index is 0. The fourth-order valence-corrected chi connectivity index (χ4v) is 12.1. The van der Waals surface area contributed by atoms with Gasteiger partial charge >= 0.3 is 0 Å². The minimum Gasteiger partial charge on any atom is -0.333 e. The van der Waals surface area contributed by atoms with Gasteiger partial charge < -0.3 is 9.55 Å². The predicted octanol–water partition coefficient (Wildman–Crippen LogP) is 15.3. The van der Waals surface area contributed by atoms with E-state index in [0.717, 1.165) is 64.4 Å². The third-order valence-corrected chi connectivity index (χ3v) is 16.2. The number of hydrogen-bond donors (Lipinski definition) is 0. The molecule has 0 atom stereocenters. The van der Waals surface area contributed by atoms with Crippen LogP contribution in [0.4, 0.5) is 0 Å². The number of hydrogen-bond acceptors (Lipinski definition) is 4. The molecular weight excluding hydrogens is 1040 g/mol. The summed E-state index contributed by atoms with van der Waals surface area (Å²) >= 11 is 1.58. The molecule has 0 fully saturated rings. The Bertz CT molecular complexity index is 4050. The number of rotatable bonds is 6. The molecule has 0 amide bonds. The van der Waals surface area contributed by atoms with Gasteiger partial charge in [-0.1, -0.05) is 154 Å². The van der Waals surface area contributed by atoms with Gasteiger partial charge in [-0.25, -0.2) is 4.98 Å². The molecule has 0 unspecified atom stereocenters. The van der Waals surface area contributed by atoms with E-state index in [0.29, 0.717) is 28.1 Å². The van der Waals surface area contributed by atoms with Gasteiger partial charge in [0.1, 0.15) is 4.83 Å². The monoisotopic (exact) mass is 1100 g/mol. The van der Waals surface area contributed by atoms with Crippen molar-refractivity contribution in [3.8, 4) is 39.5 Å². The van der Waals surface area contributed by atoms with Crippen molar-refractivity contribution in [2.75, 3.05) is 0 Å². The molecule has 12 rings (SSSR count). The zero-order valence-electron chi connectivity index (χ0n) is 46.5. The number of nitrogens with zero attached hydrogens (tertiary/aromatic N) is 4. The van der Waals surface area contributed by atoms with Crippen molar-refractivity contribution in [3.63, 3.8) is 0 Å². The van der Waals surface area contributed by atoms with E-state index in [2.05, 4.69) is 141 Å². The van der Waals surface area contributed by atoms with Crippen molar-refractivity contribution in [2.24, 2.45) is 0 Å². The molecule has 4 nitrogen and oxygen atoms in total. The van der Waals surface area contributed by atoms with Crippen LogP contribution < -0.4 is 5.19 Å². The second-order valence-electron chi connectivity index (χ2n) is 18.9. The van der Waals surface area contributed by atoms with Crippen LogP contribution in [-0.2, 0) is 31.9 Å². The van der Waals surface area contributed by atoms with Crippen molar-refractivity contribution in [3.05, 3.63) is 209 Å². The number of fused-ring (bicyclic) bond motifs is 9. The molecule has 0 aliphatic heterocycles. The van der Waals surface area contributed by atoms with Crippen LogP contribution in [0.15, 0.2) is 158 Å². The number of pyridine rings is 2. The first kappa shape index (κ1) is 36.7. The SMILES string of the molecule is [2H]C([2H])([2H])c1c[c-]c(-c2cc(C([2H])([2H])[2H])c([Si](C)(C)C)cn2)cc1.[2H]C([2H])(c1ccccc1)c1ccc2c(n1)sc1c(-c3nc4c5ccccc5ccc4n3-c3cc4c(cc3C)-c3ccccc3C4(C)C)[c-]ccc12.[Ir]. The topological polar surface area (TPSA) is 43.6 Å². The molecule has 7 heteroatoms. The third-order valence-electron chi connectivity index (χ3n) is 13.1. The maximum absolute atomic E-state index is 8.98. The summed E-state index contributed by atoms with van der Waals surface area (Å²) in [5, 5.41) is 5.13. The van der Waals surface area contributed by atoms with Crippen molar-refractivity contribution in [1.82, 2.24) is 19.5 Å². The Kier molecular flexibility index (Phi) is 9.51. The van der Waals surface area contributed by atoms with E-state index in [-0.39, 0.29) is 31.1 Å². The smallest absolute Gasteiger partial charge is 0.114 e. The molecular formula is C61H52IrN4SSi-2. The maximum Gasteiger partial charge on any atom is 0.114 e. The van der Waals surface area contributed by atoms with E-state index >= 15 is 0 Å². The van der Waals surface area contributed by atoms with Gasteiger partial charge in [0.15, 0.2) is 0 Å². The normalized spacial score (nSPS) is 15.1. The van der Waals surface area contributed by atoms with Crippen molar-refractivity contribution >= 4 is 66.7 Å². The van der Waals surface area contributed by atoms with E-state index in [1.165, 1.54) is 39.9 Å².